The van der Waals surface area contributed by atoms with Gasteiger partial charge in [-0.05, 0) is 19.1 Å². The Balaban J connectivity index is 3.20. The summed E-state index contributed by atoms with van der Waals surface area (Å²) in [5, 5.41) is -0.516. The lowest BCUT2D eigenvalue weighted by Crippen LogP contribution is -2.10. The fourth-order valence-electron chi connectivity index (χ4n) is 0.990. The molecule has 0 aliphatic carbocycles. The quantitative estimate of drug-likeness (QED) is 0.698. The molecule has 0 aromatic carbocycles. The number of aromatic nitrogens is 1. The van der Waals surface area contributed by atoms with E-state index in [2.05, 4.69) is 17.6 Å². The van der Waals surface area contributed by atoms with Crippen molar-refractivity contribution < 1.29 is 13.2 Å². The molecule has 1 nitrogen and oxygen atoms in total. The van der Waals surface area contributed by atoms with E-state index in [1.165, 1.54) is 12.3 Å². The summed E-state index contributed by atoms with van der Waals surface area (Å²) in [5.74, 6) is 0. The molecule has 0 aliphatic heterocycles. The molecule has 13 heavy (non-hydrogen) atoms. The molecule has 0 saturated heterocycles. The average Bonchev–Trinajstić information content (AvgIpc) is 2.03. The monoisotopic (exact) mass is 207 g/mol. The fourth-order valence-corrected chi connectivity index (χ4v) is 1.20. The molecule has 5 heteroatoms. The van der Waals surface area contributed by atoms with Gasteiger partial charge in [0, 0.05) is 11.4 Å². The topological polar surface area (TPSA) is 12.9 Å². The van der Waals surface area contributed by atoms with Gasteiger partial charge in [-0.2, -0.15) is 25.8 Å². The van der Waals surface area contributed by atoms with Crippen molar-refractivity contribution in [2.75, 3.05) is 0 Å². The van der Waals surface area contributed by atoms with E-state index in [4.69, 9.17) is 0 Å². The number of pyridine rings is 1. The van der Waals surface area contributed by atoms with Gasteiger partial charge in [-0.25, -0.2) is 0 Å². The van der Waals surface area contributed by atoms with Gasteiger partial charge >= 0.3 is 6.18 Å². The summed E-state index contributed by atoms with van der Waals surface area (Å²) >= 11 is 3.93. The Morgan fingerprint density at radius 3 is 2.46 bits per heavy atom. The first-order valence-electron chi connectivity index (χ1n) is 3.63. The fraction of sp³-hybridized carbons (Fsp3) is 0.375. The number of nitrogens with zero attached hydrogens (tertiary/aromatic N) is 1. The van der Waals surface area contributed by atoms with E-state index >= 15 is 0 Å². The molecule has 0 aliphatic rings. The van der Waals surface area contributed by atoms with E-state index in [-0.39, 0.29) is 5.69 Å². The third kappa shape index (κ3) is 2.37. The highest BCUT2D eigenvalue weighted by Crippen LogP contribution is 2.34. The zero-order valence-corrected chi connectivity index (χ0v) is 7.73. The zero-order valence-electron chi connectivity index (χ0n) is 6.84. The summed E-state index contributed by atoms with van der Waals surface area (Å²) in [6.45, 7) is 1.56. The van der Waals surface area contributed by atoms with Gasteiger partial charge in [-0.15, -0.1) is 0 Å². The van der Waals surface area contributed by atoms with Gasteiger partial charge in [-0.1, -0.05) is 0 Å². The summed E-state index contributed by atoms with van der Waals surface area (Å²) in [5.41, 5.74) is -0.740. The molecule has 1 aromatic rings. The predicted octanol–water partition coefficient (Wildman–Crippen LogP) is 3.09. The molecule has 0 amide bonds. The molecule has 0 N–H and O–H groups in total. The van der Waals surface area contributed by atoms with Crippen LogP contribution in [0.2, 0.25) is 0 Å². The van der Waals surface area contributed by atoms with Gasteiger partial charge in [0.1, 0.15) is 0 Å². The lowest BCUT2D eigenvalue weighted by Gasteiger charge is -2.12. The van der Waals surface area contributed by atoms with Crippen LogP contribution in [0, 0.1) is 0 Å². The van der Waals surface area contributed by atoms with Gasteiger partial charge < -0.3 is 0 Å². The molecule has 1 unspecified atom stereocenters. The Bertz CT molecular complexity index is 296. The zero-order chi connectivity index (χ0) is 10.1. The lowest BCUT2D eigenvalue weighted by molar-refractivity contribution is -0.138. The minimum atomic E-state index is -4.35. The number of hydrogen-bond acceptors (Lipinski definition) is 2. The van der Waals surface area contributed by atoms with Crippen molar-refractivity contribution in [3.05, 3.63) is 29.6 Å². The Morgan fingerprint density at radius 1 is 1.46 bits per heavy atom. The summed E-state index contributed by atoms with van der Waals surface area (Å²) in [6.07, 6.45) is -3.02. The molecule has 1 rings (SSSR count). The second kappa shape index (κ2) is 3.57. The van der Waals surface area contributed by atoms with Crippen LogP contribution in [0.5, 0.6) is 0 Å². The maximum Gasteiger partial charge on any atom is 0.418 e. The van der Waals surface area contributed by atoms with Crippen LogP contribution in [-0.4, -0.2) is 4.98 Å². The summed E-state index contributed by atoms with van der Waals surface area (Å²) < 4.78 is 37.0. The normalized spacial score (nSPS) is 14.2. The highest BCUT2D eigenvalue weighted by molar-refractivity contribution is 7.80. The van der Waals surface area contributed by atoms with E-state index in [9.17, 15) is 13.2 Å². The second-order valence-corrected chi connectivity index (χ2v) is 3.38. The van der Waals surface area contributed by atoms with E-state index in [0.717, 1.165) is 6.07 Å². The Hall–Kier alpha value is -0.710. The van der Waals surface area contributed by atoms with Crippen LogP contribution in [-0.2, 0) is 6.18 Å². The minimum Gasteiger partial charge on any atom is -0.260 e. The Labute approximate surface area is 79.4 Å². The number of alkyl halides is 3. The summed E-state index contributed by atoms with van der Waals surface area (Å²) in [7, 11) is 0. The van der Waals surface area contributed by atoms with Gasteiger partial charge in [0.05, 0.1) is 11.3 Å². The molecule has 72 valence electrons. The van der Waals surface area contributed by atoms with E-state index in [0.29, 0.717) is 0 Å². The molecule has 0 saturated carbocycles. The Kier molecular flexibility index (Phi) is 2.85. The van der Waals surface area contributed by atoms with Crippen molar-refractivity contribution in [2.45, 2.75) is 18.3 Å². The number of halogens is 3. The van der Waals surface area contributed by atoms with Gasteiger partial charge in [0.2, 0.25) is 0 Å². The first-order valence-corrected chi connectivity index (χ1v) is 4.14. The third-order valence-corrected chi connectivity index (χ3v) is 1.78. The van der Waals surface area contributed by atoms with E-state index < -0.39 is 17.0 Å². The van der Waals surface area contributed by atoms with Crippen LogP contribution < -0.4 is 0 Å². The van der Waals surface area contributed by atoms with Gasteiger partial charge in [0.25, 0.3) is 0 Å². The highest BCUT2D eigenvalue weighted by Gasteiger charge is 2.34. The molecular weight excluding hydrogens is 199 g/mol. The van der Waals surface area contributed by atoms with Crippen molar-refractivity contribution in [3.8, 4) is 0 Å². The van der Waals surface area contributed by atoms with E-state index in [1.807, 2.05) is 0 Å². The molecule has 0 spiro atoms. The van der Waals surface area contributed by atoms with Crippen molar-refractivity contribution in [1.82, 2.24) is 4.98 Å². The number of hydrogen-bond donors (Lipinski definition) is 1. The smallest absolute Gasteiger partial charge is 0.260 e. The molecule has 0 fully saturated rings. The van der Waals surface area contributed by atoms with Crippen LogP contribution in [0.1, 0.15) is 23.4 Å². The lowest BCUT2D eigenvalue weighted by atomic mass is 10.1. The Morgan fingerprint density at radius 2 is 2.08 bits per heavy atom. The maximum absolute atomic E-state index is 12.3. The van der Waals surface area contributed by atoms with Crippen molar-refractivity contribution >= 4 is 12.6 Å². The largest absolute Gasteiger partial charge is 0.418 e. The third-order valence-electron chi connectivity index (χ3n) is 1.54. The molecular formula is C8H8F3NS. The molecule has 1 atom stereocenters. The number of rotatable bonds is 1. The molecule has 0 radical (unpaired) electrons. The van der Waals surface area contributed by atoms with Gasteiger partial charge in [-0.3, -0.25) is 4.98 Å². The molecule has 0 bridgehead atoms. The van der Waals surface area contributed by atoms with Gasteiger partial charge in [0.15, 0.2) is 0 Å². The van der Waals surface area contributed by atoms with Crippen LogP contribution in [0.3, 0.4) is 0 Å². The van der Waals surface area contributed by atoms with Crippen LogP contribution >= 0.6 is 12.6 Å². The first-order chi connectivity index (χ1) is 5.93. The maximum atomic E-state index is 12.3. The van der Waals surface area contributed by atoms with Crippen molar-refractivity contribution in [1.29, 1.82) is 0 Å². The summed E-state index contributed by atoms with van der Waals surface area (Å²) in [4.78, 5) is 3.65. The van der Waals surface area contributed by atoms with Crippen LogP contribution in [0.15, 0.2) is 18.3 Å². The number of thiol groups is 1. The van der Waals surface area contributed by atoms with Crippen molar-refractivity contribution in [3.63, 3.8) is 0 Å². The average molecular weight is 207 g/mol. The summed E-state index contributed by atoms with van der Waals surface area (Å²) in [6, 6.07) is 2.28. The minimum absolute atomic E-state index is 0.0293. The SMILES string of the molecule is CC(S)c1ncccc1C(F)(F)F. The molecule has 1 heterocycles. The van der Waals surface area contributed by atoms with Crippen LogP contribution in [0.25, 0.3) is 0 Å². The standard InChI is InChI=1S/C8H8F3NS/c1-5(13)7-6(8(9,10)11)3-2-4-12-7/h2-5,13H,1H3. The van der Waals surface area contributed by atoms with E-state index in [1.54, 1.807) is 6.92 Å². The predicted molar refractivity (Wildman–Crippen MR) is 46.6 cm³/mol. The van der Waals surface area contributed by atoms with Crippen molar-refractivity contribution in [2.24, 2.45) is 0 Å². The first kappa shape index (κ1) is 10.4. The second-order valence-electron chi connectivity index (χ2n) is 2.61. The van der Waals surface area contributed by atoms with Crippen LogP contribution in [0.4, 0.5) is 13.2 Å². The highest BCUT2D eigenvalue weighted by atomic mass is 32.1. The molecule has 1 aromatic heterocycles.